The topological polar surface area (TPSA) is 93.8 Å². The van der Waals surface area contributed by atoms with Crippen LogP contribution >= 0.6 is 15.9 Å². The average molecular weight is 513 g/mol. The summed E-state index contributed by atoms with van der Waals surface area (Å²) in [5.74, 6) is -0.991. The molecule has 3 aromatic rings. The molecule has 1 aromatic carbocycles. The van der Waals surface area contributed by atoms with Crippen molar-refractivity contribution in [3.63, 3.8) is 0 Å². The molecule has 0 aliphatic rings. The van der Waals surface area contributed by atoms with Crippen molar-refractivity contribution in [2.24, 2.45) is 0 Å². The number of para-hydroxylation sites is 1. The van der Waals surface area contributed by atoms with Gasteiger partial charge in [-0.05, 0) is 41.9 Å². The van der Waals surface area contributed by atoms with Gasteiger partial charge in [0, 0.05) is 24.8 Å². The number of rotatable bonds is 7. The number of halogens is 4. The van der Waals surface area contributed by atoms with E-state index in [-0.39, 0.29) is 34.5 Å². The number of carbonyl (C=O) groups excluding carboxylic acids is 2. The van der Waals surface area contributed by atoms with E-state index in [2.05, 4.69) is 36.8 Å². The Hall–Kier alpha value is -3.15. The standard InChI is InChI=1S/C20H20BrF3N6O2/c1-3-29-11-14(17(27-29)19(32)25-13-7-5-4-6-8-13)26-15(31)9-10-30-12(2)16(21)18(28-30)20(22,23)24/h4-8,11H,3,9-10H2,1-2H3,(H,25,32)(H,26,31). The van der Waals surface area contributed by atoms with E-state index in [0.29, 0.717) is 12.2 Å². The predicted molar refractivity (Wildman–Crippen MR) is 115 cm³/mol. The monoisotopic (exact) mass is 512 g/mol. The number of nitrogens with one attached hydrogen (secondary N) is 2. The van der Waals surface area contributed by atoms with E-state index in [0.717, 1.165) is 4.68 Å². The molecule has 0 aliphatic heterocycles. The van der Waals surface area contributed by atoms with Crippen LogP contribution in [0.15, 0.2) is 41.0 Å². The highest BCUT2D eigenvalue weighted by molar-refractivity contribution is 9.10. The Kier molecular flexibility index (Phi) is 7.02. The van der Waals surface area contributed by atoms with Gasteiger partial charge in [0.15, 0.2) is 11.4 Å². The molecule has 2 heterocycles. The normalized spacial score (nSPS) is 11.4. The van der Waals surface area contributed by atoms with E-state index in [9.17, 15) is 22.8 Å². The van der Waals surface area contributed by atoms with E-state index in [1.807, 2.05) is 13.0 Å². The maximum absolute atomic E-state index is 13.0. The van der Waals surface area contributed by atoms with Gasteiger partial charge in [0.05, 0.1) is 22.4 Å². The van der Waals surface area contributed by atoms with Crippen LogP contribution in [0.2, 0.25) is 0 Å². The van der Waals surface area contributed by atoms with Gasteiger partial charge in [0.25, 0.3) is 5.91 Å². The molecule has 3 rings (SSSR count). The lowest BCUT2D eigenvalue weighted by Crippen LogP contribution is -2.19. The van der Waals surface area contributed by atoms with E-state index in [1.54, 1.807) is 24.3 Å². The van der Waals surface area contributed by atoms with Crippen LogP contribution in [-0.2, 0) is 24.1 Å². The SMILES string of the molecule is CCn1cc(NC(=O)CCn2nc(C(F)(F)F)c(Br)c2C)c(C(=O)Nc2ccccc2)n1. The van der Waals surface area contributed by atoms with Gasteiger partial charge in [0.1, 0.15) is 0 Å². The molecule has 0 saturated heterocycles. The summed E-state index contributed by atoms with van der Waals surface area (Å²) in [5.41, 5.74) is 0.0217. The molecular weight excluding hydrogens is 493 g/mol. The second-order valence-corrected chi connectivity index (χ2v) is 7.63. The van der Waals surface area contributed by atoms with Crippen molar-refractivity contribution >= 4 is 39.1 Å². The van der Waals surface area contributed by atoms with Gasteiger partial charge in [-0.25, -0.2) is 0 Å². The van der Waals surface area contributed by atoms with Gasteiger partial charge in [-0.3, -0.25) is 19.0 Å². The molecule has 12 heteroatoms. The average Bonchev–Trinajstić information content (AvgIpc) is 3.28. The second-order valence-electron chi connectivity index (χ2n) is 6.83. The number of hydrogen-bond donors (Lipinski definition) is 2. The van der Waals surface area contributed by atoms with Gasteiger partial charge >= 0.3 is 6.18 Å². The summed E-state index contributed by atoms with van der Waals surface area (Å²) in [5, 5.41) is 13.1. The van der Waals surface area contributed by atoms with Crippen molar-refractivity contribution in [3.8, 4) is 0 Å². The summed E-state index contributed by atoms with van der Waals surface area (Å²) in [6.45, 7) is 3.71. The fourth-order valence-corrected chi connectivity index (χ4v) is 3.41. The number of alkyl halides is 3. The zero-order valence-corrected chi connectivity index (χ0v) is 18.8. The first-order chi connectivity index (χ1) is 15.1. The highest BCUT2D eigenvalue weighted by atomic mass is 79.9. The third-order valence-corrected chi connectivity index (χ3v) is 5.51. The molecule has 8 nitrogen and oxygen atoms in total. The van der Waals surface area contributed by atoms with Gasteiger partial charge in [0.2, 0.25) is 5.91 Å². The van der Waals surface area contributed by atoms with Crippen LogP contribution in [-0.4, -0.2) is 31.4 Å². The number of anilines is 2. The van der Waals surface area contributed by atoms with Gasteiger partial charge in [-0.2, -0.15) is 23.4 Å². The van der Waals surface area contributed by atoms with Crippen molar-refractivity contribution in [1.82, 2.24) is 19.6 Å². The van der Waals surface area contributed by atoms with Crippen LogP contribution in [0.4, 0.5) is 24.5 Å². The lowest BCUT2D eigenvalue weighted by Gasteiger charge is -2.07. The molecule has 2 amide bonds. The number of carbonyl (C=O) groups is 2. The molecule has 0 aliphatic carbocycles. The van der Waals surface area contributed by atoms with E-state index in [4.69, 9.17) is 0 Å². The summed E-state index contributed by atoms with van der Waals surface area (Å²) >= 11 is 2.90. The molecule has 0 spiro atoms. The minimum absolute atomic E-state index is 0.0291. The summed E-state index contributed by atoms with van der Waals surface area (Å²) < 4.78 is 41.5. The fraction of sp³-hybridized carbons (Fsp3) is 0.300. The summed E-state index contributed by atoms with van der Waals surface area (Å²) in [7, 11) is 0. The number of amides is 2. The Labute approximate surface area is 189 Å². The van der Waals surface area contributed by atoms with Crippen LogP contribution < -0.4 is 10.6 Å². The van der Waals surface area contributed by atoms with Gasteiger partial charge < -0.3 is 10.6 Å². The molecule has 2 N–H and O–H groups in total. The number of hydrogen-bond acceptors (Lipinski definition) is 4. The molecule has 0 radical (unpaired) electrons. The fourth-order valence-electron chi connectivity index (χ4n) is 2.90. The molecular formula is C20H20BrF3N6O2. The molecule has 170 valence electrons. The molecule has 0 bridgehead atoms. The van der Waals surface area contributed by atoms with Crippen molar-refractivity contribution in [1.29, 1.82) is 0 Å². The highest BCUT2D eigenvalue weighted by Crippen LogP contribution is 2.35. The van der Waals surface area contributed by atoms with Gasteiger partial charge in [-0.1, -0.05) is 18.2 Å². The Balaban J connectivity index is 1.70. The number of aryl methyl sites for hydroxylation is 2. The molecule has 32 heavy (non-hydrogen) atoms. The minimum Gasteiger partial charge on any atom is -0.323 e. The zero-order chi connectivity index (χ0) is 23.5. The lowest BCUT2D eigenvalue weighted by atomic mass is 10.3. The summed E-state index contributed by atoms with van der Waals surface area (Å²) in [4.78, 5) is 25.1. The molecule has 0 saturated carbocycles. The maximum atomic E-state index is 13.0. The predicted octanol–water partition coefficient (Wildman–Crippen LogP) is 4.47. The first kappa shape index (κ1) is 23.5. The molecule has 0 atom stereocenters. The summed E-state index contributed by atoms with van der Waals surface area (Å²) in [6, 6.07) is 8.77. The van der Waals surface area contributed by atoms with Crippen LogP contribution in [0, 0.1) is 6.92 Å². The Morgan fingerprint density at radius 2 is 1.81 bits per heavy atom. The minimum atomic E-state index is -4.60. The van der Waals surface area contributed by atoms with Crippen LogP contribution in [0.5, 0.6) is 0 Å². The number of benzene rings is 1. The third kappa shape index (κ3) is 5.36. The largest absolute Gasteiger partial charge is 0.436 e. The molecule has 2 aromatic heterocycles. The van der Waals surface area contributed by atoms with Crippen molar-refractivity contribution in [3.05, 3.63) is 58.1 Å². The van der Waals surface area contributed by atoms with Crippen molar-refractivity contribution in [2.45, 2.75) is 39.5 Å². The number of aromatic nitrogens is 4. The van der Waals surface area contributed by atoms with Crippen LogP contribution in [0.3, 0.4) is 0 Å². The highest BCUT2D eigenvalue weighted by Gasteiger charge is 2.37. The van der Waals surface area contributed by atoms with E-state index in [1.165, 1.54) is 17.8 Å². The Morgan fingerprint density at radius 1 is 1.12 bits per heavy atom. The second kappa shape index (κ2) is 9.55. The van der Waals surface area contributed by atoms with Crippen LogP contribution in [0.25, 0.3) is 0 Å². The van der Waals surface area contributed by atoms with E-state index < -0.39 is 23.7 Å². The molecule has 0 fully saturated rings. The summed E-state index contributed by atoms with van der Waals surface area (Å²) in [6.07, 6.45) is -3.23. The Morgan fingerprint density at radius 3 is 2.41 bits per heavy atom. The third-order valence-electron chi connectivity index (χ3n) is 4.56. The van der Waals surface area contributed by atoms with Crippen molar-refractivity contribution in [2.75, 3.05) is 10.6 Å². The maximum Gasteiger partial charge on any atom is 0.436 e. The number of nitrogens with zero attached hydrogens (tertiary/aromatic N) is 4. The zero-order valence-electron chi connectivity index (χ0n) is 17.2. The smallest absolute Gasteiger partial charge is 0.323 e. The lowest BCUT2D eigenvalue weighted by molar-refractivity contribution is -0.142. The van der Waals surface area contributed by atoms with Crippen molar-refractivity contribution < 1.29 is 22.8 Å². The molecule has 0 unspecified atom stereocenters. The Bertz CT molecular complexity index is 1120. The first-order valence-corrected chi connectivity index (χ1v) is 10.4. The van der Waals surface area contributed by atoms with E-state index >= 15 is 0 Å². The quantitative estimate of drug-likeness (QED) is 0.488. The van der Waals surface area contributed by atoms with Gasteiger partial charge in [-0.15, -0.1) is 0 Å². The first-order valence-electron chi connectivity index (χ1n) is 9.64. The van der Waals surface area contributed by atoms with Crippen LogP contribution in [0.1, 0.15) is 35.2 Å².